The van der Waals surface area contributed by atoms with Crippen molar-refractivity contribution >= 4 is 5.69 Å². The van der Waals surface area contributed by atoms with Gasteiger partial charge in [-0.2, -0.15) is 18.3 Å². The number of anilines is 1. The van der Waals surface area contributed by atoms with Crippen molar-refractivity contribution in [2.45, 2.75) is 13.1 Å². The summed E-state index contributed by atoms with van der Waals surface area (Å²) in [7, 11) is 0. The summed E-state index contributed by atoms with van der Waals surface area (Å²) in [6.45, 7) is 1.51. The number of hydrogen-bond acceptors (Lipinski definition) is 3. The Morgan fingerprint density at radius 1 is 1.35 bits per heavy atom. The monoisotopic (exact) mass is 242 g/mol. The summed E-state index contributed by atoms with van der Waals surface area (Å²) in [6.07, 6.45) is -3.03. The summed E-state index contributed by atoms with van der Waals surface area (Å²) in [5, 5.41) is 3.46. The summed E-state index contributed by atoms with van der Waals surface area (Å²) >= 11 is 0. The molecule has 0 saturated carbocycles. The van der Waals surface area contributed by atoms with E-state index in [-0.39, 0.29) is 11.5 Å². The number of aromatic nitrogens is 3. The Labute approximate surface area is 94.9 Å². The molecule has 2 heterocycles. The van der Waals surface area contributed by atoms with Crippen LogP contribution < -0.4 is 5.73 Å². The van der Waals surface area contributed by atoms with Crippen LogP contribution in [0.15, 0.2) is 24.4 Å². The Morgan fingerprint density at radius 3 is 2.59 bits per heavy atom. The van der Waals surface area contributed by atoms with Gasteiger partial charge in [0.2, 0.25) is 0 Å². The maximum absolute atomic E-state index is 12.5. The van der Waals surface area contributed by atoms with E-state index in [2.05, 4.69) is 10.1 Å². The van der Waals surface area contributed by atoms with E-state index in [0.717, 1.165) is 10.7 Å². The van der Waals surface area contributed by atoms with E-state index in [1.807, 2.05) is 0 Å². The Balaban J connectivity index is 2.55. The third kappa shape index (κ3) is 2.08. The lowest BCUT2D eigenvalue weighted by atomic mass is 10.3. The van der Waals surface area contributed by atoms with Crippen LogP contribution in [0.4, 0.5) is 18.9 Å². The molecule has 0 unspecified atom stereocenters. The number of rotatable bonds is 1. The maximum atomic E-state index is 12.5. The van der Waals surface area contributed by atoms with Crippen molar-refractivity contribution in [2.24, 2.45) is 0 Å². The van der Waals surface area contributed by atoms with Crippen LogP contribution >= 0.6 is 0 Å². The van der Waals surface area contributed by atoms with Gasteiger partial charge < -0.3 is 5.73 Å². The Bertz CT molecular complexity index is 545. The molecule has 2 N–H and O–H groups in total. The van der Waals surface area contributed by atoms with Gasteiger partial charge in [0.1, 0.15) is 0 Å². The SMILES string of the molecule is Cc1cc(C(F)(F)F)nn1-c1ncccc1N. The molecular weight excluding hydrogens is 233 g/mol. The minimum atomic E-state index is -4.47. The molecule has 0 fully saturated rings. The molecule has 90 valence electrons. The molecule has 0 amide bonds. The van der Waals surface area contributed by atoms with E-state index in [4.69, 9.17) is 5.73 Å². The van der Waals surface area contributed by atoms with Crippen molar-refractivity contribution in [3.05, 3.63) is 35.8 Å². The largest absolute Gasteiger partial charge is 0.435 e. The molecule has 2 aromatic heterocycles. The lowest BCUT2D eigenvalue weighted by molar-refractivity contribution is -0.141. The molecular formula is C10H9F3N4. The minimum absolute atomic E-state index is 0.195. The van der Waals surface area contributed by atoms with E-state index in [0.29, 0.717) is 5.69 Å². The molecule has 2 aromatic rings. The van der Waals surface area contributed by atoms with Crippen LogP contribution in [0.3, 0.4) is 0 Å². The molecule has 0 saturated heterocycles. The summed E-state index contributed by atoms with van der Waals surface area (Å²) in [5.74, 6) is 0.195. The van der Waals surface area contributed by atoms with Crippen LogP contribution in [0, 0.1) is 6.92 Å². The fraction of sp³-hybridized carbons (Fsp3) is 0.200. The lowest BCUT2D eigenvalue weighted by Crippen LogP contribution is -2.09. The average molecular weight is 242 g/mol. The number of pyridine rings is 1. The van der Waals surface area contributed by atoms with Crippen LogP contribution in [0.2, 0.25) is 0 Å². The fourth-order valence-electron chi connectivity index (χ4n) is 1.41. The van der Waals surface area contributed by atoms with Gasteiger partial charge in [-0.25, -0.2) is 9.67 Å². The van der Waals surface area contributed by atoms with Gasteiger partial charge >= 0.3 is 6.18 Å². The number of nitrogens with two attached hydrogens (primary N) is 1. The second kappa shape index (κ2) is 3.76. The first-order valence-corrected chi connectivity index (χ1v) is 4.74. The summed E-state index contributed by atoms with van der Waals surface area (Å²) in [4.78, 5) is 3.91. The molecule has 7 heteroatoms. The number of halogens is 3. The van der Waals surface area contributed by atoms with Gasteiger partial charge in [0.25, 0.3) is 0 Å². The zero-order chi connectivity index (χ0) is 12.6. The standard InChI is InChI=1S/C10H9F3N4/c1-6-5-8(10(11,12)13)16-17(6)9-7(14)3-2-4-15-9/h2-5H,14H2,1H3. The molecule has 0 radical (unpaired) electrons. The Hall–Kier alpha value is -2.05. The van der Waals surface area contributed by atoms with Crippen molar-refractivity contribution in [3.8, 4) is 5.82 Å². The summed E-state index contributed by atoms with van der Waals surface area (Å²) in [5.41, 5.74) is 5.27. The normalized spacial score (nSPS) is 11.8. The van der Waals surface area contributed by atoms with Crippen molar-refractivity contribution < 1.29 is 13.2 Å². The van der Waals surface area contributed by atoms with Gasteiger partial charge in [-0.3, -0.25) is 0 Å². The highest BCUT2D eigenvalue weighted by Crippen LogP contribution is 2.29. The lowest BCUT2D eigenvalue weighted by Gasteiger charge is -2.05. The molecule has 2 rings (SSSR count). The van der Waals surface area contributed by atoms with E-state index < -0.39 is 11.9 Å². The van der Waals surface area contributed by atoms with Crippen molar-refractivity contribution in [1.29, 1.82) is 0 Å². The van der Waals surface area contributed by atoms with Crippen molar-refractivity contribution in [2.75, 3.05) is 5.73 Å². The molecule has 0 aliphatic rings. The molecule has 0 aliphatic carbocycles. The van der Waals surface area contributed by atoms with Gasteiger partial charge in [-0.1, -0.05) is 0 Å². The van der Waals surface area contributed by atoms with E-state index in [1.54, 1.807) is 12.1 Å². The molecule has 0 aliphatic heterocycles. The van der Waals surface area contributed by atoms with Gasteiger partial charge in [-0.05, 0) is 25.1 Å². The predicted octanol–water partition coefficient (Wildman–Crippen LogP) is 2.18. The van der Waals surface area contributed by atoms with Crippen molar-refractivity contribution in [3.63, 3.8) is 0 Å². The second-order valence-electron chi connectivity index (χ2n) is 3.50. The average Bonchev–Trinajstić information content (AvgIpc) is 2.61. The van der Waals surface area contributed by atoms with E-state index >= 15 is 0 Å². The smallest absolute Gasteiger partial charge is 0.396 e. The van der Waals surface area contributed by atoms with Crippen LogP contribution in [0.25, 0.3) is 5.82 Å². The molecule has 0 spiro atoms. The molecule has 0 aromatic carbocycles. The van der Waals surface area contributed by atoms with Gasteiger partial charge in [0.15, 0.2) is 11.5 Å². The third-order valence-corrected chi connectivity index (χ3v) is 2.20. The van der Waals surface area contributed by atoms with Gasteiger partial charge in [0.05, 0.1) is 5.69 Å². The third-order valence-electron chi connectivity index (χ3n) is 2.20. The zero-order valence-corrected chi connectivity index (χ0v) is 8.86. The van der Waals surface area contributed by atoms with Crippen LogP contribution in [-0.4, -0.2) is 14.8 Å². The first kappa shape index (κ1) is 11.4. The Kier molecular flexibility index (Phi) is 2.53. The minimum Gasteiger partial charge on any atom is -0.396 e. The zero-order valence-electron chi connectivity index (χ0n) is 8.86. The first-order chi connectivity index (χ1) is 7.89. The highest BCUT2D eigenvalue weighted by molar-refractivity contribution is 5.52. The number of hydrogen-bond donors (Lipinski definition) is 1. The van der Waals surface area contributed by atoms with E-state index in [1.165, 1.54) is 13.1 Å². The topological polar surface area (TPSA) is 56.7 Å². The maximum Gasteiger partial charge on any atom is 0.435 e. The molecule has 0 bridgehead atoms. The molecule has 4 nitrogen and oxygen atoms in total. The van der Waals surface area contributed by atoms with Gasteiger partial charge in [-0.15, -0.1) is 0 Å². The van der Waals surface area contributed by atoms with Crippen LogP contribution in [-0.2, 0) is 6.18 Å². The Morgan fingerprint density at radius 2 is 2.06 bits per heavy atom. The number of alkyl halides is 3. The highest BCUT2D eigenvalue weighted by atomic mass is 19.4. The summed E-state index contributed by atoms with van der Waals surface area (Å²) in [6, 6.07) is 4.10. The molecule has 0 atom stereocenters. The predicted molar refractivity (Wildman–Crippen MR) is 55.5 cm³/mol. The number of aryl methyl sites for hydroxylation is 1. The summed E-state index contributed by atoms with van der Waals surface area (Å²) < 4.78 is 38.5. The van der Waals surface area contributed by atoms with Crippen molar-refractivity contribution in [1.82, 2.24) is 14.8 Å². The number of nitrogen functional groups attached to an aromatic ring is 1. The second-order valence-corrected chi connectivity index (χ2v) is 3.50. The first-order valence-electron chi connectivity index (χ1n) is 4.74. The van der Waals surface area contributed by atoms with E-state index in [9.17, 15) is 13.2 Å². The number of nitrogens with zero attached hydrogens (tertiary/aromatic N) is 3. The van der Waals surface area contributed by atoms with Gasteiger partial charge in [0, 0.05) is 11.9 Å². The van der Waals surface area contributed by atoms with Crippen LogP contribution in [0.1, 0.15) is 11.4 Å². The fourth-order valence-corrected chi connectivity index (χ4v) is 1.41. The highest BCUT2D eigenvalue weighted by Gasteiger charge is 2.34. The quantitative estimate of drug-likeness (QED) is 0.833. The van der Waals surface area contributed by atoms with Crippen LogP contribution in [0.5, 0.6) is 0 Å². The molecule has 17 heavy (non-hydrogen) atoms.